The monoisotopic (exact) mass is 230 g/mol. The Hall–Kier alpha value is -1.83. The third-order valence-corrected chi connectivity index (χ3v) is 2.65. The van der Waals surface area contributed by atoms with Gasteiger partial charge in [0.25, 0.3) is 0 Å². The van der Waals surface area contributed by atoms with Crippen molar-refractivity contribution in [3.05, 3.63) is 59.5 Å². The van der Waals surface area contributed by atoms with Crippen LogP contribution in [-0.2, 0) is 0 Å². The van der Waals surface area contributed by atoms with E-state index in [4.69, 9.17) is 4.74 Å². The molecule has 2 heteroatoms. The first-order valence-electron chi connectivity index (χ1n) is 5.66. The second kappa shape index (κ2) is 5.48. The van der Waals surface area contributed by atoms with Crippen LogP contribution in [0, 0.1) is 0 Å². The van der Waals surface area contributed by atoms with E-state index in [1.54, 1.807) is 13.2 Å². The van der Waals surface area contributed by atoms with E-state index in [9.17, 15) is 4.39 Å². The van der Waals surface area contributed by atoms with Gasteiger partial charge < -0.3 is 4.74 Å². The van der Waals surface area contributed by atoms with Crippen molar-refractivity contribution in [3.63, 3.8) is 0 Å². The van der Waals surface area contributed by atoms with Gasteiger partial charge in [-0.3, -0.25) is 0 Å². The summed E-state index contributed by atoms with van der Waals surface area (Å²) in [7, 11) is 1.64. The van der Waals surface area contributed by atoms with Crippen molar-refractivity contribution < 1.29 is 9.13 Å². The number of halogens is 1. The highest BCUT2D eigenvalue weighted by Gasteiger charge is 2.01. The molecule has 0 atom stereocenters. The SMILES string of the molecule is COc1cccc(/C=C/C2=CCCC(F)=C2)c1. The minimum atomic E-state index is -0.0437. The maximum Gasteiger partial charge on any atom is 0.119 e. The van der Waals surface area contributed by atoms with Crippen LogP contribution in [-0.4, -0.2) is 7.11 Å². The topological polar surface area (TPSA) is 9.23 Å². The van der Waals surface area contributed by atoms with Gasteiger partial charge in [0.15, 0.2) is 0 Å². The van der Waals surface area contributed by atoms with Gasteiger partial charge in [-0.15, -0.1) is 0 Å². The number of methoxy groups -OCH3 is 1. The van der Waals surface area contributed by atoms with Crippen LogP contribution in [0.3, 0.4) is 0 Å². The summed E-state index contributed by atoms with van der Waals surface area (Å²) in [5, 5.41) is 0. The number of hydrogen-bond donors (Lipinski definition) is 0. The fourth-order valence-electron chi connectivity index (χ4n) is 1.74. The first-order valence-corrected chi connectivity index (χ1v) is 5.66. The lowest BCUT2D eigenvalue weighted by Gasteiger charge is -2.04. The predicted molar refractivity (Wildman–Crippen MR) is 68.5 cm³/mol. The highest BCUT2D eigenvalue weighted by Crippen LogP contribution is 2.20. The number of ether oxygens (including phenoxy) is 1. The van der Waals surface area contributed by atoms with Gasteiger partial charge in [-0.25, -0.2) is 4.39 Å². The normalized spacial score (nSPS) is 15.6. The van der Waals surface area contributed by atoms with E-state index in [0.717, 1.165) is 23.3 Å². The summed E-state index contributed by atoms with van der Waals surface area (Å²) in [5.74, 6) is 0.782. The van der Waals surface area contributed by atoms with E-state index in [0.29, 0.717) is 6.42 Å². The molecule has 1 aliphatic carbocycles. The van der Waals surface area contributed by atoms with Crippen molar-refractivity contribution in [1.82, 2.24) is 0 Å². The molecule has 0 heterocycles. The molecule has 1 aromatic rings. The van der Waals surface area contributed by atoms with Crippen LogP contribution in [0.5, 0.6) is 5.75 Å². The summed E-state index contributed by atoms with van der Waals surface area (Å²) >= 11 is 0. The molecule has 0 unspecified atom stereocenters. The molecule has 1 aliphatic rings. The third-order valence-electron chi connectivity index (χ3n) is 2.65. The van der Waals surface area contributed by atoms with Crippen molar-refractivity contribution in [2.75, 3.05) is 7.11 Å². The number of hydrogen-bond acceptors (Lipinski definition) is 1. The van der Waals surface area contributed by atoms with Gasteiger partial charge in [0, 0.05) is 6.42 Å². The Morgan fingerprint density at radius 1 is 1.29 bits per heavy atom. The zero-order valence-electron chi connectivity index (χ0n) is 9.82. The van der Waals surface area contributed by atoms with E-state index >= 15 is 0 Å². The molecule has 2 rings (SSSR count). The Bertz CT molecular complexity index is 483. The Kier molecular flexibility index (Phi) is 3.76. The quantitative estimate of drug-likeness (QED) is 0.753. The first kappa shape index (κ1) is 11.6. The largest absolute Gasteiger partial charge is 0.497 e. The van der Waals surface area contributed by atoms with Crippen molar-refractivity contribution >= 4 is 6.08 Å². The van der Waals surface area contributed by atoms with Crippen molar-refractivity contribution in [3.8, 4) is 5.75 Å². The van der Waals surface area contributed by atoms with Crippen molar-refractivity contribution in [2.24, 2.45) is 0 Å². The Morgan fingerprint density at radius 3 is 2.94 bits per heavy atom. The molecule has 0 saturated carbocycles. The highest BCUT2D eigenvalue weighted by atomic mass is 19.1. The smallest absolute Gasteiger partial charge is 0.119 e. The van der Waals surface area contributed by atoms with E-state index in [1.165, 1.54) is 0 Å². The summed E-state index contributed by atoms with van der Waals surface area (Å²) in [6.07, 6.45) is 8.81. The van der Waals surface area contributed by atoms with E-state index in [-0.39, 0.29) is 5.83 Å². The van der Waals surface area contributed by atoms with Gasteiger partial charge in [-0.1, -0.05) is 30.4 Å². The molecule has 88 valence electrons. The van der Waals surface area contributed by atoms with Crippen LogP contribution >= 0.6 is 0 Å². The maximum absolute atomic E-state index is 13.0. The van der Waals surface area contributed by atoms with Crippen LogP contribution in [0.15, 0.2) is 53.9 Å². The van der Waals surface area contributed by atoms with Crippen molar-refractivity contribution in [2.45, 2.75) is 12.8 Å². The van der Waals surface area contributed by atoms with Gasteiger partial charge in [0.1, 0.15) is 11.6 Å². The average molecular weight is 230 g/mol. The minimum Gasteiger partial charge on any atom is -0.497 e. The fraction of sp³-hybridized carbons (Fsp3) is 0.200. The molecule has 0 fully saturated rings. The molecule has 0 amide bonds. The number of benzene rings is 1. The second-order valence-electron chi connectivity index (χ2n) is 3.94. The third kappa shape index (κ3) is 3.31. The van der Waals surface area contributed by atoms with Gasteiger partial charge in [-0.2, -0.15) is 0 Å². The van der Waals surface area contributed by atoms with Gasteiger partial charge in [-0.05, 0) is 35.8 Å². The van der Waals surface area contributed by atoms with Crippen LogP contribution in [0.2, 0.25) is 0 Å². The van der Waals surface area contributed by atoms with Gasteiger partial charge in [0.2, 0.25) is 0 Å². The Balaban J connectivity index is 2.12. The first-order chi connectivity index (χ1) is 8.28. The molecule has 0 spiro atoms. The van der Waals surface area contributed by atoms with Gasteiger partial charge in [0.05, 0.1) is 7.11 Å². The number of rotatable bonds is 3. The summed E-state index contributed by atoms with van der Waals surface area (Å²) < 4.78 is 18.2. The van der Waals surface area contributed by atoms with Gasteiger partial charge >= 0.3 is 0 Å². The van der Waals surface area contributed by atoms with E-state index < -0.39 is 0 Å². The van der Waals surface area contributed by atoms with Crippen LogP contribution in [0.1, 0.15) is 18.4 Å². The molecule has 1 nitrogen and oxygen atoms in total. The molecular formula is C15H15FO. The highest BCUT2D eigenvalue weighted by molar-refractivity contribution is 5.56. The molecular weight excluding hydrogens is 215 g/mol. The molecule has 0 aliphatic heterocycles. The average Bonchev–Trinajstić information content (AvgIpc) is 2.37. The van der Waals surface area contributed by atoms with E-state index in [1.807, 2.05) is 42.5 Å². The predicted octanol–water partition coefficient (Wildman–Crippen LogP) is 4.28. The Labute approximate surface area is 101 Å². The molecule has 0 aromatic heterocycles. The van der Waals surface area contributed by atoms with Crippen LogP contribution in [0.4, 0.5) is 4.39 Å². The molecule has 17 heavy (non-hydrogen) atoms. The minimum absolute atomic E-state index is 0.0437. The zero-order chi connectivity index (χ0) is 12.1. The van der Waals surface area contributed by atoms with Crippen LogP contribution in [0.25, 0.3) is 6.08 Å². The molecule has 0 N–H and O–H groups in total. The lowest BCUT2D eigenvalue weighted by atomic mass is 10.0. The van der Waals surface area contributed by atoms with Crippen molar-refractivity contribution in [1.29, 1.82) is 0 Å². The Morgan fingerprint density at radius 2 is 2.18 bits per heavy atom. The number of allylic oxidation sites excluding steroid dienone is 5. The standard InChI is InChI=1S/C15H15FO/c1-17-15-7-3-5-13(11-15)9-8-12-4-2-6-14(16)10-12/h3-5,7-11H,2,6H2,1H3/b9-8+. The summed E-state index contributed by atoms with van der Waals surface area (Å²) in [5.41, 5.74) is 1.97. The molecule has 1 aromatic carbocycles. The lowest BCUT2D eigenvalue weighted by molar-refractivity contribution is 0.414. The van der Waals surface area contributed by atoms with E-state index in [2.05, 4.69) is 0 Å². The molecule has 0 bridgehead atoms. The molecule has 0 radical (unpaired) electrons. The summed E-state index contributed by atoms with van der Waals surface area (Å²) in [4.78, 5) is 0. The summed E-state index contributed by atoms with van der Waals surface area (Å²) in [6, 6.07) is 7.77. The fourth-order valence-corrected chi connectivity index (χ4v) is 1.74. The summed E-state index contributed by atoms with van der Waals surface area (Å²) in [6.45, 7) is 0. The maximum atomic E-state index is 13.0. The second-order valence-corrected chi connectivity index (χ2v) is 3.94. The molecule has 0 saturated heterocycles. The van der Waals surface area contributed by atoms with Crippen LogP contribution < -0.4 is 4.74 Å². The zero-order valence-corrected chi connectivity index (χ0v) is 9.82. The lowest BCUT2D eigenvalue weighted by Crippen LogP contribution is -1.86.